The van der Waals surface area contributed by atoms with E-state index in [0.29, 0.717) is 29.2 Å². The summed E-state index contributed by atoms with van der Waals surface area (Å²) in [4.78, 5) is 35.5. The maximum absolute atomic E-state index is 16.5. The average Bonchev–Trinajstić information content (AvgIpc) is 3.01. The van der Waals surface area contributed by atoms with E-state index < -0.39 is 28.3 Å². The first-order valence-electron chi connectivity index (χ1n) is 14.6. The Kier molecular flexibility index (Phi) is 8.19. The van der Waals surface area contributed by atoms with Gasteiger partial charge in [-0.05, 0) is 49.6 Å². The molecular formula is C33H30Cl3F2N5O3. The standard InChI is InChI=1S/C33H30Cl3F2N5O3/c1-6-22(44)41-12-17-13-46-32-31(42(17)11-16(41)5)18-9-21(37)23(24-26(38)19(34)10-20(35)27(24)39)25(36)30(18)43(33(32)45)29-15(4)7-8-40-28(29)14(2)3/h6-10,14,16-17H,1,11-13,39H2,2-5H3. The first kappa shape index (κ1) is 32.1. The van der Waals surface area contributed by atoms with Crippen molar-refractivity contribution in [3.63, 3.8) is 0 Å². The summed E-state index contributed by atoms with van der Waals surface area (Å²) >= 11 is 19.5. The van der Waals surface area contributed by atoms with E-state index in [9.17, 15) is 9.59 Å². The van der Waals surface area contributed by atoms with Gasteiger partial charge in [-0.25, -0.2) is 8.78 Å². The molecule has 13 heteroatoms. The lowest BCUT2D eigenvalue weighted by atomic mass is 9.96. The molecule has 0 radical (unpaired) electrons. The summed E-state index contributed by atoms with van der Waals surface area (Å²) in [5.74, 6) is -2.30. The van der Waals surface area contributed by atoms with Gasteiger partial charge in [0.1, 0.15) is 12.4 Å². The highest BCUT2D eigenvalue weighted by molar-refractivity contribution is 6.40. The number of nitrogens with zero attached hydrogens (tertiary/aromatic N) is 4. The fourth-order valence-electron chi connectivity index (χ4n) is 6.49. The Morgan fingerprint density at radius 3 is 2.54 bits per heavy atom. The largest absolute Gasteiger partial charge is 0.484 e. The number of benzene rings is 2. The molecule has 6 rings (SSSR count). The molecule has 2 unspecified atom stereocenters. The van der Waals surface area contributed by atoms with Gasteiger partial charge in [0.15, 0.2) is 5.82 Å². The van der Waals surface area contributed by atoms with Crippen LogP contribution in [-0.4, -0.2) is 52.1 Å². The third kappa shape index (κ3) is 4.80. The van der Waals surface area contributed by atoms with Crippen LogP contribution in [0.1, 0.15) is 37.9 Å². The first-order valence-corrected chi connectivity index (χ1v) is 15.7. The maximum atomic E-state index is 16.5. The number of anilines is 2. The molecule has 0 spiro atoms. The molecule has 4 aromatic rings. The Hall–Kier alpha value is -3.86. The van der Waals surface area contributed by atoms with Crippen molar-refractivity contribution in [2.75, 3.05) is 30.3 Å². The molecule has 4 heterocycles. The van der Waals surface area contributed by atoms with E-state index in [1.807, 2.05) is 32.6 Å². The minimum atomic E-state index is -1.02. The molecule has 46 heavy (non-hydrogen) atoms. The van der Waals surface area contributed by atoms with Gasteiger partial charge in [-0.15, -0.1) is 0 Å². The van der Waals surface area contributed by atoms with Crippen LogP contribution in [0.4, 0.5) is 20.2 Å². The summed E-state index contributed by atoms with van der Waals surface area (Å²) < 4.78 is 39.6. The Morgan fingerprint density at radius 1 is 1.15 bits per heavy atom. The number of fused-ring (bicyclic) bond motifs is 5. The summed E-state index contributed by atoms with van der Waals surface area (Å²) in [6, 6.07) is 3.43. The number of nitrogen functional groups attached to an aromatic ring is 1. The number of carbonyl (C=O) groups is 1. The van der Waals surface area contributed by atoms with Gasteiger partial charge in [-0.2, -0.15) is 0 Å². The van der Waals surface area contributed by atoms with E-state index in [2.05, 4.69) is 11.6 Å². The normalized spacial score (nSPS) is 17.6. The minimum absolute atomic E-state index is 0.00267. The van der Waals surface area contributed by atoms with Crippen molar-refractivity contribution in [1.29, 1.82) is 0 Å². The molecule has 0 aliphatic carbocycles. The molecule has 2 aliphatic heterocycles. The summed E-state index contributed by atoms with van der Waals surface area (Å²) in [5.41, 5.74) is 6.66. The van der Waals surface area contributed by atoms with Crippen molar-refractivity contribution in [1.82, 2.24) is 14.5 Å². The average molecular weight is 689 g/mol. The second kappa shape index (κ2) is 11.7. The van der Waals surface area contributed by atoms with E-state index in [4.69, 9.17) is 45.3 Å². The van der Waals surface area contributed by atoms with Crippen LogP contribution in [-0.2, 0) is 4.79 Å². The molecular weight excluding hydrogens is 659 g/mol. The Morgan fingerprint density at radius 2 is 1.87 bits per heavy atom. The number of hydrogen-bond donors (Lipinski definition) is 1. The quantitative estimate of drug-likeness (QED) is 0.138. The molecule has 0 bridgehead atoms. The molecule has 1 amide bonds. The molecule has 2 aliphatic rings. The maximum Gasteiger partial charge on any atom is 0.300 e. The lowest BCUT2D eigenvalue weighted by molar-refractivity contribution is -0.129. The summed E-state index contributed by atoms with van der Waals surface area (Å²) in [6.07, 6.45) is 2.90. The smallest absolute Gasteiger partial charge is 0.300 e. The van der Waals surface area contributed by atoms with Gasteiger partial charge in [-0.1, -0.05) is 55.2 Å². The summed E-state index contributed by atoms with van der Waals surface area (Å²) in [6.45, 7) is 11.9. The highest BCUT2D eigenvalue weighted by atomic mass is 35.5. The fourth-order valence-corrected chi connectivity index (χ4v) is 7.32. The second-order valence-corrected chi connectivity index (χ2v) is 13.1. The lowest BCUT2D eigenvalue weighted by Crippen LogP contribution is -2.62. The Balaban J connectivity index is 1.76. The van der Waals surface area contributed by atoms with Crippen LogP contribution in [0.2, 0.25) is 15.1 Å². The summed E-state index contributed by atoms with van der Waals surface area (Å²) in [5, 5.41) is -0.518. The number of hydrogen-bond acceptors (Lipinski definition) is 6. The molecule has 2 aromatic carbocycles. The predicted octanol–water partition coefficient (Wildman–Crippen LogP) is 7.29. The summed E-state index contributed by atoms with van der Waals surface area (Å²) in [7, 11) is 0. The first-order chi connectivity index (χ1) is 21.8. The molecule has 1 saturated heterocycles. The molecule has 0 saturated carbocycles. The number of amides is 1. The van der Waals surface area contributed by atoms with Gasteiger partial charge in [-0.3, -0.25) is 19.1 Å². The zero-order valence-electron chi connectivity index (χ0n) is 25.4. The number of nitrogens with two attached hydrogens (primary N) is 1. The number of aromatic nitrogens is 2. The monoisotopic (exact) mass is 687 g/mol. The van der Waals surface area contributed by atoms with E-state index in [1.54, 1.807) is 17.2 Å². The molecule has 2 N–H and O–H groups in total. The molecule has 2 atom stereocenters. The number of carbonyl (C=O) groups excluding carboxylic acids is 1. The zero-order valence-corrected chi connectivity index (χ0v) is 27.7. The van der Waals surface area contributed by atoms with Crippen LogP contribution < -0.4 is 20.9 Å². The van der Waals surface area contributed by atoms with Crippen molar-refractivity contribution in [3.05, 3.63) is 85.4 Å². The third-order valence-electron chi connectivity index (χ3n) is 8.67. The van der Waals surface area contributed by atoms with Crippen molar-refractivity contribution >= 4 is 63.0 Å². The van der Waals surface area contributed by atoms with E-state index in [-0.39, 0.29) is 74.5 Å². The molecule has 1 fully saturated rings. The van der Waals surface area contributed by atoms with Gasteiger partial charge in [0.05, 0.1) is 49.4 Å². The van der Waals surface area contributed by atoms with Crippen LogP contribution >= 0.6 is 34.8 Å². The van der Waals surface area contributed by atoms with E-state index >= 15 is 8.78 Å². The Bertz CT molecular complexity index is 2010. The highest BCUT2D eigenvalue weighted by Crippen LogP contribution is 2.49. The highest BCUT2D eigenvalue weighted by Gasteiger charge is 2.41. The van der Waals surface area contributed by atoms with Crippen LogP contribution in [0.15, 0.2) is 41.8 Å². The Labute approximate surface area is 278 Å². The van der Waals surface area contributed by atoms with Gasteiger partial charge < -0.3 is 20.3 Å². The number of piperazine rings is 1. The third-order valence-corrected chi connectivity index (χ3v) is 9.63. The van der Waals surface area contributed by atoms with Gasteiger partial charge >= 0.3 is 0 Å². The number of aryl methyl sites for hydroxylation is 1. The molecule has 240 valence electrons. The number of rotatable bonds is 4. The van der Waals surface area contributed by atoms with Gasteiger partial charge in [0.2, 0.25) is 11.7 Å². The number of ether oxygens (including phenoxy) is 1. The van der Waals surface area contributed by atoms with Crippen LogP contribution in [0.25, 0.3) is 27.7 Å². The van der Waals surface area contributed by atoms with Crippen LogP contribution in [0.5, 0.6) is 5.75 Å². The lowest BCUT2D eigenvalue weighted by Gasteiger charge is -2.48. The molecule has 2 aromatic heterocycles. The fraction of sp³-hybridized carbons (Fsp3) is 0.303. The van der Waals surface area contributed by atoms with Gasteiger partial charge in [0, 0.05) is 41.8 Å². The molecule has 8 nitrogen and oxygen atoms in total. The van der Waals surface area contributed by atoms with Crippen molar-refractivity contribution in [2.24, 2.45) is 0 Å². The van der Waals surface area contributed by atoms with E-state index in [0.717, 1.165) is 6.07 Å². The van der Waals surface area contributed by atoms with Crippen molar-refractivity contribution in [3.8, 4) is 22.6 Å². The van der Waals surface area contributed by atoms with Crippen LogP contribution in [0.3, 0.4) is 0 Å². The van der Waals surface area contributed by atoms with E-state index in [1.165, 1.54) is 16.7 Å². The number of halogens is 5. The van der Waals surface area contributed by atoms with Gasteiger partial charge in [0.25, 0.3) is 5.56 Å². The SMILES string of the molecule is C=CC(=O)N1CC2COc3c(c4cc(F)c(-c5c(N)c(Cl)cc(Cl)c5F)c(Cl)c4n(-c4c(C)ccnc4C(C)C)c3=O)N2CC1C. The van der Waals surface area contributed by atoms with Crippen molar-refractivity contribution in [2.45, 2.75) is 45.7 Å². The zero-order chi connectivity index (χ0) is 33.4. The second-order valence-electron chi connectivity index (χ2n) is 11.9. The topological polar surface area (TPSA) is 93.7 Å². The minimum Gasteiger partial charge on any atom is -0.484 e. The van der Waals surface area contributed by atoms with Crippen molar-refractivity contribution < 1.29 is 18.3 Å². The predicted molar refractivity (Wildman–Crippen MR) is 179 cm³/mol. The van der Waals surface area contributed by atoms with Crippen LogP contribution in [0, 0.1) is 18.6 Å². The number of pyridine rings is 2.